The van der Waals surface area contributed by atoms with Crippen molar-refractivity contribution in [3.05, 3.63) is 26.1 Å². The van der Waals surface area contributed by atoms with E-state index < -0.39 is 0 Å². The summed E-state index contributed by atoms with van der Waals surface area (Å²) in [6.07, 6.45) is 2.68. The Bertz CT molecular complexity index is 514. The predicted molar refractivity (Wildman–Crippen MR) is 79.4 cm³/mol. The first-order chi connectivity index (χ1) is 8.08. The second-order valence-corrected chi connectivity index (χ2v) is 6.39. The first-order valence-corrected chi connectivity index (χ1v) is 7.52. The molecule has 3 nitrogen and oxygen atoms in total. The fourth-order valence-corrected chi connectivity index (χ4v) is 2.63. The maximum absolute atomic E-state index is 6.14. The van der Waals surface area contributed by atoms with Gasteiger partial charge in [-0.3, -0.25) is 4.98 Å². The van der Waals surface area contributed by atoms with Crippen LogP contribution >= 0.6 is 45.5 Å². The first-order valence-electron chi connectivity index (χ1n) is 5.18. The lowest BCUT2D eigenvalue weighted by Gasteiger charge is -2.09. The van der Waals surface area contributed by atoms with E-state index in [4.69, 9.17) is 11.6 Å². The number of nitrogens with zero attached hydrogens (tertiary/aromatic N) is 3. The second-order valence-electron chi connectivity index (χ2n) is 4.06. The number of hydrogen-bond acceptors (Lipinski definition) is 4. The number of halogens is 2. The van der Waals surface area contributed by atoms with Crippen molar-refractivity contribution in [3.8, 4) is 10.7 Å². The highest BCUT2D eigenvalue weighted by Crippen LogP contribution is 2.26. The zero-order valence-corrected chi connectivity index (χ0v) is 13.2. The zero-order chi connectivity index (χ0) is 12.4. The third-order valence-electron chi connectivity index (χ3n) is 2.13. The molecule has 0 bridgehead atoms. The molecule has 0 fully saturated rings. The SMILES string of the molecule is CC(C)Cc1nc(-c2cncs2)nc(Cl)c1I. The van der Waals surface area contributed by atoms with E-state index in [1.165, 1.54) is 11.3 Å². The first kappa shape index (κ1) is 13.2. The molecule has 2 rings (SSSR count). The van der Waals surface area contributed by atoms with Crippen LogP contribution in [0.25, 0.3) is 10.7 Å². The molecule has 0 unspecified atom stereocenters. The average Bonchev–Trinajstić information content (AvgIpc) is 2.77. The van der Waals surface area contributed by atoms with Gasteiger partial charge in [0, 0.05) is 6.20 Å². The van der Waals surface area contributed by atoms with Gasteiger partial charge in [-0.25, -0.2) is 9.97 Å². The highest BCUT2D eigenvalue weighted by atomic mass is 127. The molecular weight excluding hydrogens is 369 g/mol. The van der Waals surface area contributed by atoms with Crippen LogP contribution in [0.1, 0.15) is 19.5 Å². The van der Waals surface area contributed by atoms with Crippen LogP contribution in [0.15, 0.2) is 11.7 Å². The van der Waals surface area contributed by atoms with Crippen LogP contribution in [0, 0.1) is 9.49 Å². The topological polar surface area (TPSA) is 38.7 Å². The van der Waals surface area contributed by atoms with Crippen molar-refractivity contribution in [1.82, 2.24) is 15.0 Å². The molecule has 0 amide bonds. The van der Waals surface area contributed by atoms with E-state index in [0.29, 0.717) is 16.9 Å². The zero-order valence-electron chi connectivity index (χ0n) is 9.44. The third kappa shape index (κ3) is 3.14. The number of hydrogen-bond donors (Lipinski definition) is 0. The molecule has 17 heavy (non-hydrogen) atoms. The molecule has 0 radical (unpaired) electrons. The Balaban J connectivity index is 2.46. The Morgan fingerprint density at radius 3 is 2.76 bits per heavy atom. The number of aromatic nitrogens is 3. The summed E-state index contributed by atoms with van der Waals surface area (Å²) in [4.78, 5) is 13.9. The second kappa shape index (κ2) is 5.58. The third-order valence-corrected chi connectivity index (χ3v) is 4.63. The molecule has 0 atom stereocenters. The van der Waals surface area contributed by atoms with E-state index in [1.807, 2.05) is 0 Å². The Labute approximate surface area is 123 Å². The van der Waals surface area contributed by atoms with Crippen molar-refractivity contribution >= 4 is 45.5 Å². The minimum Gasteiger partial charge on any atom is -0.252 e. The summed E-state index contributed by atoms with van der Waals surface area (Å²) < 4.78 is 0.950. The molecule has 0 aliphatic heterocycles. The smallest absolute Gasteiger partial charge is 0.172 e. The summed E-state index contributed by atoms with van der Waals surface area (Å²) in [6.45, 7) is 4.33. The summed E-state index contributed by atoms with van der Waals surface area (Å²) in [5.74, 6) is 1.22. The van der Waals surface area contributed by atoms with E-state index in [0.717, 1.165) is 20.6 Å². The van der Waals surface area contributed by atoms with E-state index in [1.54, 1.807) is 11.7 Å². The van der Waals surface area contributed by atoms with Gasteiger partial charge in [0.15, 0.2) is 5.82 Å². The number of thiazole rings is 1. The molecule has 2 heterocycles. The van der Waals surface area contributed by atoms with Gasteiger partial charge in [-0.2, -0.15) is 0 Å². The van der Waals surface area contributed by atoms with Crippen LogP contribution in [0.2, 0.25) is 5.15 Å². The molecule has 90 valence electrons. The molecular formula is C11H11ClIN3S. The van der Waals surface area contributed by atoms with Crippen LogP contribution in [-0.4, -0.2) is 15.0 Å². The summed E-state index contributed by atoms with van der Waals surface area (Å²) in [5.41, 5.74) is 2.79. The monoisotopic (exact) mass is 379 g/mol. The largest absolute Gasteiger partial charge is 0.252 e. The van der Waals surface area contributed by atoms with Crippen molar-refractivity contribution in [2.75, 3.05) is 0 Å². The highest BCUT2D eigenvalue weighted by Gasteiger charge is 2.13. The van der Waals surface area contributed by atoms with Gasteiger partial charge >= 0.3 is 0 Å². The van der Waals surface area contributed by atoms with Gasteiger partial charge in [0.1, 0.15) is 5.15 Å². The van der Waals surface area contributed by atoms with Crippen LogP contribution in [0.4, 0.5) is 0 Å². The van der Waals surface area contributed by atoms with Gasteiger partial charge in [-0.1, -0.05) is 25.4 Å². The van der Waals surface area contributed by atoms with Gasteiger partial charge < -0.3 is 0 Å². The quantitative estimate of drug-likeness (QED) is 0.596. The molecule has 0 aliphatic carbocycles. The summed E-state index contributed by atoms with van der Waals surface area (Å²) in [5, 5.41) is 0.527. The van der Waals surface area contributed by atoms with Crippen molar-refractivity contribution in [3.63, 3.8) is 0 Å². The minimum atomic E-state index is 0.527. The van der Waals surface area contributed by atoms with Crippen molar-refractivity contribution in [2.45, 2.75) is 20.3 Å². The average molecular weight is 380 g/mol. The van der Waals surface area contributed by atoms with E-state index >= 15 is 0 Å². The summed E-state index contributed by atoms with van der Waals surface area (Å²) >= 11 is 9.87. The van der Waals surface area contributed by atoms with Gasteiger partial charge in [0.05, 0.1) is 19.7 Å². The van der Waals surface area contributed by atoms with Crippen LogP contribution in [0.3, 0.4) is 0 Å². The summed E-state index contributed by atoms with van der Waals surface area (Å²) in [6, 6.07) is 0. The fourth-order valence-electron chi connectivity index (χ4n) is 1.42. The number of rotatable bonds is 3. The lowest BCUT2D eigenvalue weighted by Crippen LogP contribution is -2.04. The molecule has 0 saturated heterocycles. The Morgan fingerprint density at radius 1 is 1.41 bits per heavy atom. The van der Waals surface area contributed by atoms with E-state index in [9.17, 15) is 0 Å². The maximum atomic E-state index is 6.14. The normalized spacial score (nSPS) is 11.1. The molecule has 0 aromatic carbocycles. The van der Waals surface area contributed by atoms with Crippen LogP contribution in [-0.2, 0) is 6.42 Å². The highest BCUT2D eigenvalue weighted by molar-refractivity contribution is 14.1. The maximum Gasteiger partial charge on any atom is 0.172 e. The molecule has 0 N–H and O–H groups in total. The van der Waals surface area contributed by atoms with Crippen molar-refractivity contribution < 1.29 is 0 Å². The Hall–Kier alpha value is -0.270. The van der Waals surface area contributed by atoms with Gasteiger partial charge in [0.2, 0.25) is 0 Å². The van der Waals surface area contributed by atoms with Crippen LogP contribution < -0.4 is 0 Å². The van der Waals surface area contributed by atoms with Gasteiger partial charge in [-0.15, -0.1) is 11.3 Å². The molecule has 0 saturated carbocycles. The molecule has 6 heteroatoms. The van der Waals surface area contributed by atoms with E-state index in [2.05, 4.69) is 51.4 Å². The predicted octanol–water partition coefficient (Wildman–Crippen LogP) is 4.06. The molecule has 2 aromatic rings. The minimum absolute atomic E-state index is 0.527. The van der Waals surface area contributed by atoms with Crippen LogP contribution in [0.5, 0.6) is 0 Å². The molecule has 2 aromatic heterocycles. The van der Waals surface area contributed by atoms with Crippen molar-refractivity contribution in [1.29, 1.82) is 0 Å². The Kier molecular flexibility index (Phi) is 4.32. The molecule has 0 spiro atoms. The van der Waals surface area contributed by atoms with Gasteiger partial charge in [0.25, 0.3) is 0 Å². The lowest BCUT2D eigenvalue weighted by molar-refractivity contribution is 0.632. The standard InChI is InChI=1S/C11H11ClIN3S/c1-6(2)3-7-9(13)10(12)16-11(15-7)8-4-14-5-17-8/h4-6H,3H2,1-2H3. The Morgan fingerprint density at radius 2 is 2.18 bits per heavy atom. The van der Waals surface area contributed by atoms with Crippen molar-refractivity contribution in [2.24, 2.45) is 5.92 Å². The lowest BCUT2D eigenvalue weighted by atomic mass is 10.1. The fraction of sp³-hybridized carbons (Fsp3) is 0.364. The summed E-state index contributed by atoms with van der Waals surface area (Å²) in [7, 11) is 0. The molecule has 0 aliphatic rings. The van der Waals surface area contributed by atoms with E-state index in [-0.39, 0.29) is 0 Å². The van der Waals surface area contributed by atoms with Gasteiger partial charge in [-0.05, 0) is 34.9 Å².